The van der Waals surface area contributed by atoms with Gasteiger partial charge < -0.3 is 20.1 Å². The van der Waals surface area contributed by atoms with Crippen LogP contribution in [0.5, 0.6) is 11.5 Å². The minimum atomic E-state index is 0. The number of aromatic nitrogens is 1. The zero-order valence-electron chi connectivity index (χ0n) is 16.8. The highest BCUT2D eigenvalue weighted by atomic mass is 127. The van der Waals surface area contributed by atoms with Crippen molar-refractivity contribution in [1.29, 1.82) is 0 Å². The number of ether oxygens (including phenoxy) is 2. The lowest BCUT2D eigenvalue weighted by molar-refractivity contribution is 0.174. The first kappa shape index (κ1) is 22.1. The maximum absolute atomic E-state index is 5.43. The number of thiazole rings is 1. The van der Waals surface area contributed by atoms with Crippen molar-refractivity contribution in [3.63, 3.8) is 0 Å². The van der Waals surface area contributed by atoms with Crippen LogP contribution in [0.25, 0.3) is 0 Å². The second-order valence-electron chi connectivity index (χ2n) is 7.15. The van der Waals surface area contributed by atoms with Gasteiger partial charge >= 0.3 is 0 Å². The summed E-state index contributed by atoms with van der Waals surface area (Å²) in [5.41, 5.74) is 2.58. The molecule has 1 aromatic carbocycles. The molecule has 0 spiro atoms. The van der Waals surface area contributed by atoms with Crippen LogP contribution >= 0.6 is 35.3 Å². The topological polar surface area (TPSA) is 67.8 Å². The van der Waals surface area contributed by atoms with Crippen molar-refractivity contribution >= 4 is 41.3 Å². The molecule has 2 aliphatic rings. The highest BCUT2D eigenvalue weighted by molar-refractivity contribution is 14.0. The van der Waals surface area contributed by atoms with Crippen molar-refractivity contribution in [2.24, 2.45) is 4.99 Å². The molecule has 8 heteroatoms. The monoisotopic (exact) mass is 528 g/mol. The van der Waals surface area contributed by atoms with Crippen molar-refractivity contribution < 1.29 is 9.47 Å². The van der Waals surface area contributed by atoms with Gasteiger partial charge in [0.25, 0.3) is 0 Å². The summed E-state index contributed by atoms with van der Waals surface area (Å²) in [6, 6.07) is 6.11. The van der Waals surface area contributed by atoms with Crippen LogP contribution in [-0.2, 0) is 25.7 Å². The van der Waals surface area contributed by atoms with Crippen LogP contribution in [0.1, 0.15) is 40.4 Å². The normalized spacial score (nSPS) is 14.9. The van der Waals surface area contributed by atoms with Crippen molar-refractivity contribution in [3.8, 4) is 11.5 Å². The zero-order valence-corrected chi connectivity index (χ0v) is 20.0. The summed E-state index contributed by atoms with van der Waals surface area (Å²) in [5.74, 6) is 2.51. The molecule has 0 saturated carbocycles. The third kappa shape index (κ3) is 5.97. The zero-order chi connectivity index (χ0) is 19.2. The van der Waals surface area contributed by atoms with E-state index in [1.165, 1.54) is 46.8 Å². The Hall–Kier alpha value is -1.55. The SMILES string of the molecule is CN=C(NCCCc1nc2c(s1)CCCC2)NCCc1ccc2c(c1)OCO2.I. The molecule has 2 heterocycles. The fourth-order valence-corrected chi connectivity index (χ4v) is 4.80. The summed E-state index contributed by atoms with van der Waals surface area (Å²) >= 11 is 1.92. The van der Waals surface area contributed by atoms with E-state index in [1.54, 1.807) is 0 Å². The van der Waals surface area contributed by atoms with Gasteiger partial charge in [-0.25, -0.2) is 4.98 Å². The molecule has 6 nitrogen and oxygen atoms in total. The molecule has 0 saturated heterocycles. The van der Waals surface area contributed by atoms with Crippen LogP contribution in [0, 0.1) is 0 Å². The summed E-state index contributed by atoms with van der Waals surface area (Å²) in [6.07, 6.45) is 8.03. The lowest BCUT2D eigenvalue weighted by Gasteiger charge is -2.11. The van der Waals surface area contributed by atoms with Gasteiger partial charge in [0, 0.05) is 31.4 Å². The molecule has 0 bridgehead atoms. The van der Waals surface area contributed by atoms with Gasteiger partial charge in [0.1, 0.15) is 0 Å². The third-order valence-electron chi connectivity index (χ3n) is 5.12. The van der Waals surface area contributed by atoms with E-state index in [0.717, 1.165) is 49.8 Å². The number of guanidine groups is 1. The first-order chi connectivity index (χ1) is 13.8. The molecule has 0 fully saturated rings. The molecule has 0 radical (unpaired) electrons. The minimum Gasteiger partial charge on any atom is -0.454 e. The van der Waals surface area contributed by atoms with E-state index in [2.05, 4.69) is 21.7 Å². The molecular formula is C21H29IN4O2S. The van der Waals surface area contributed by atoms with E-state index in [-0.39, 0.29) is 24.0 Å². The highest BCUT2D eigenvalue weighted by Crippen LogP contribution is 2.32. The molecular weight excluding hydrogens is 499 g/mol. The van der Waals surface area contributed by atoms with E-state index in [4.69, 9.17) is 14.5 Å². The maximum atomic E-state index is 5.43. The molecule has 1 aliphatic carbocycles. The predicted molar refractivity (Wildman–Crippen MR) is 128 cm³/mol. The van der Waals surface area contributed by atoms with E-state index in [9.17, 15) is 0 Å². The number of hydrogen-bond donors (Lipinski definition) is 2. The van der Waals surface area contributed by atoms with Gasteiger partial charge in [-0.05, 0) is 56.2 Å². The second-order valence-corrected chi connectivity index (χ2v) is 8.32. The molecule has 2 N–H and O–H groups in total. The number of hydrogen-bond acceptors (Lipinski definition) is 5. The van der Waals surface area contributed by atoms with Gasteiger partial charge in [-0.3, -0.25) is 4.99 Å². The number of aryl methyl sites for hydroxylation is 3. The molecule has 0 amide bonds. The fourth-order valence-electron chi connectivity index (χ4n) is 3.60. The number of nitrogens with zero attached hydrogens (tertiary/aromatic N) is 2. The van der Waals surface area contributed by atoms with E-state index >= 15 is 0 Å². The summed E-state index contributed by atoms with van der Waals surface area (Å²) in [5, 5.41) is 8.07. The third-order valence-corrected chi connectivity index (χ3v) is 6.33. The first-order valence-corrected chi connectivity index (χ1v) is 10.9. The van der Waals surface area contributed by atoms with Crippen molar-refractivity contribution in [2.75, 3.05) is 26.9 Å². The van der Waals surface area contributed by atoms with Gasteiger partial charge in [0.05, 0.1) is 10.7 Å². The Kier molecular flexibility index (Phi) is 8.40. The minimum absolute atomic E-state index is 0. The average Bonchev–Trinajstić information content (AvgIpc) is 3.35. The maximum Gasteiger partial charge on any atom is 0.231 e. The molecule has 158 valence electrons. The summed E-state index contributed by atoms with van der Waals surface area (Å²) in [7, 11) is 1.81. The lowest BCUT2D eigenvalue weighted by atomic mass is 10.0. The lowest BCUT2D eigenvalue weighted by Crippen LogP contribution is -2.38. The molecule has 0 unspecified atom stereocenters. The average molecular weight is 528 g/mol. The first-order valence-electron chi connectivity index (χ1n) is 10.1. The Morgan fingerprint density at radius 3 is 2.79 bits per heavy atom. The Morgan fingerprint density at radius 2 is 1.93 bits per heavy atom. The Labute approximate surface area is 193 Å². The van der Waals surface area contributed by atoms with Crippen LogP contribution < -0.4 is 20.1 Å². The highest BCUT2D eigenvalue weighted by Gasteiger charge is 2.15. The predicted octanol–water partition coefficient (Wildman–Crippen LogP) is 3.71. The number of benzene rings is 1. The number of halogens is 1. The second kappa shape index (κ2) is 11.0. The summed E-state index contributed by atoms with van der Waals surface area (Å²) in [4.78, 5) is 10.7. The molecule has 4 rings (SSSR count). The largest absolute Gasteiger partial charge is 0.454 e. The number of rotatable bonds is 7. The summed E-state index contributed by atoms with van der Waals surface area (Å²) in [6.45, 7) is 2.03. The molecule has 1 aromatic heterocycles. The van der Waals surface area contributed by atoms with Crippen LogP contribution in [0.2, 0.25) is 0 Å². The van der Waals surface area contributed by atoms with Gasteiger partial charge in [0.2, 0.25) is 6.79 Å². The quantitative estimate of drug-likeness (QED) is 0.248. The summed E-state index contributed by atoms with van der Waals surface area (Å²) < 4.78 is 10.8. The molecule has 0 atom stereocenters. The van der Waals surface area contributed by atoms with Gasteiger partial charge in [-0.15, -0.1) is 35.3 Å². The Bertz CT molecular complexity index is 817. The smallest absolute Gasteiger partial charge is 0.231 e. The number of aliphatic imine (C=N–C) groups is 1. The van der Waals surface area contributed by atoms with E-state index < -0.39 is 0 Å². The van der Waals surface area contributed by atoms with Crippen LogP contribution in [0.4, 0.5) is 0 Å². The fraction of sp³-hybridized carbons (Fsp3) is 0.524. The van der Waals surface area contributed by atoms with E-state index in [0.29, 0.717) is 6.79 Å². The van der Waals surface area contributed by atoms with Crippen LogP contribution in [0.3, 0.4) is 0 Å². The molecule has 2 aromatic rings. The van der Waals surface area contributed by atoms with Crippen molar-refractivity contribution in [2.45, 2.75) is 44.9 Å². The number of nitrogens with one attached hydrogen (secondary N) is 2. The Balaban J connectivity index is 0.00000240. The van der Waals surface area contributed by atoms with Crippen LogP contribution in [-0.4, -0.2) is 37.9 Å². The van der Waals surface area contributed by atoms with E-state index in [1.807, 2.05) is 30.5 Å². The van der Waals surface area contributed by atoms with Gasteiger partial charge in [-0.1, -0.05) is 6.07 Å². The molecule has 29 heavy (non-hydrogen) atoms. The number of fused-ring (bicyclic) bond motifs is 2. The van der Waals surface area contributed by atoms with Gasteiger partial charge in [0.15, 0.2) is 17.5 Å². The van der Waals surface area contributed by atoms with Crippen molar-refractivity contribution in [1.82, 2.24) is 15.6 Å². The molecule has 1 aliphatic heterocycles. The van der Waals surface area contributed by atoms with Crippen LogP contribution in [0.15, 0.2) is 23.2 Å². The van der Waals surface area contributed by atoms with Gasteiger partial charge in [-0.2, -0.15) is 0 Å². The standard InChI is InChI=1S/C21H28N4O2S.HI/c1-22-21(24-12-10-15-8-9-17-18(13-15)27-14-26-17)23-11-4-7-20-25-16-5-2-3-6-19(16)28-20;/h8-9,13H,2-7,10-12,14H2,1H3,(H2,22,23,24);1H. The van der Waals surface area contributed by atoms with Crippen molar-refractivity contribution in [3.05, 3.63) is 39.3 Å². The Morgan fingerprint density at radius 1 is 1.10 bits per heavy atom.